The Hall–Kier alpha value is -0.160. The quantitative estimate of drug-likeness (QED) is 0.430. The molecule has 0 fully saturated rings. The van der Waals surface area contributed by atoms with Crippen molar-refractivity contribution in [3.8, 4) is 0 Å². The molecule has 4 heteroatoms. The van der Waals surface area contributed by atoms with Crippen molar-refractivity contribution >= 4 is 0 Å². The van der Waals surface area contributed by atoms with Gasteiger partial charge >= 0.3 is 0 Å². The Morgan fingerprint density at radius 1 is 0.955 bits per heavy atom. The van der Waals surface area contributed by atoms with E-state index < -0.39 is 12.2 Å². The second kappa shape index (κ2) is 12.3. The molecule has 0 aliphatic carbocycles. The summed E-state index contributed by atoms with van der Waals surface area (Å²) in [5, 5.41) is 28.9. The van der Waals surface area contributed by atoms with Crippen molar-refractivity contribution in [3.63, 3.8) is 0 Å². The van der Waals surface area contributed by atoms with E-state index in [1.807, 2.05) is 0 Å². The molecule has 3 unspecified atom stereocenters. The first-order chi connectivity index (χ1) is 10.4. The second-order valence-corrected chi connectivity index (χ2v) is 7.06. The van der Waals surface area contributed by atoms with Gasteiger partial charge in [-0.05, 0) is 18.3 Å². The molecule has 4 nitrogen and oxygen atoms in total. The van der Waals surface area contributed by atoms with Crippen LogP contribution in [0.25, 0.3) is 0 Å². The minimum Gasteiger partial charge on any atom is -0.394 e. The average Bonchev–Trinajstić information content (AvgIpc) is 2.50. The molecule has 0 rings (SSSR count). The van der Waals surface area contributed by atoms with Gasteiger partial charge in [0.1, 0.15) is 6.10 Å². The molecule has 3 atom stereocenters. The highest BCUT2D eigenvalue weighted by Gasteiger charge is 2.34. The summed E-state index contributed by atoms with van der Waals surface area (Å²) in [6.45, 7) is 8.20. The van der Waals surface area contributed by atoms with Crippen molar-refractivity contribution in [3.05, 3.63) is 0 Å². The van der Waals surface area contributed by atoms with Crippen LogP contribution in [-0.2, 0) is 4.74 Å². The Labute approximate surface area is 136 Å². The summed E-state index contributed by atoms with van der Waals surface area (Å²) < 4.78 is 5.75. The average molecular weight is 318 g/mol. The molecule has 0 spiro atoms. The van der Waals surface area contributed by atoms with Crippen LogP contribution in [0.3, 0.4) is 0 Å². The van der Waals surface area contributed by atoms with Crippen molar-refractivity contribution in [2.45, 2.75) is 97.4 Å². The Balaban J connectivity index is 4.28. The zero-order chi connectivity index (χ0) is 17.0. The van der Waals surface area contributed by atoms with Crippen LogP contribution in [0, 0.1) is 5.41 Å². The summed E-state index contributed by atoms with van der Waals surface area (Å²) in [5.74, 6) is 0. The Kier molecular flexibility index (Phi) is 12.2. The smallest absolute Gasteiger partial charge is 0.100 e. The summed E-state index contributed by atoms with van der Waals surface area (Å²) in [7, 11) is 0. The molecule has 0 saturated carbocycles. The number of ether oxygens (including phenoxy) is 1. The summed E-state index contributed by atoms with van der Waals surface area (Å²) in [5.41, 5.74) is -0.156. The number of rotatable bonds is 14. The summed E-state index contributed by atoms with van der Waals surface area (Å²) >= 11 is 0. The van der Waals surface area contributed by atoms with Gasteiger partial charge in [-0.1, -0.05) is 66.2 Å². The van der Waals surface area contributed by atoms with Crippen molar-refractivity contribution < 1.29 is 20.1 Å². The van der Waals surface area contributed by atoms with E-state index in [0.717, 1.165) is 25.7 Å². The van der Waals surface area contributed by atoms with E-state index in [1.54, 1.807) is 0 Å². The largest absolute Gasteiger partial charge is 0.394 e. The zero-order valence-corrected chi connectivity index (χ0v) is 15.1. The summed E-state index contributed by atoms with van der Waals surface area (Å²) in [4.78, 5) is 0. The van der Waals surface area contributed by atoms with Gasteiger partial charge in [0.25, 0.3) is 0 Å². The first-order valence-electron chi connectivity index (χ1n) is 8.97. The van der Waals surface area contributed by atoms with Gasteiger partial charge in [-0.25, -0.2) is 0 Å². The number of aliphatic hydroxyl groups excluding tert-OH is 3. The standard InChI is InChI=1S/C18H38O4/c1-5-7-8-9-10-11-12-16(21)17(18(3,4)6-2)22-14-15(20)13-19/h15-17,19-21H,5-14H2,1-4H3. The molecule has 0 saturated heterocycles. The monoisotopic (exact) mass is 318 g/mol. The summed E-state index contributed by atoms with van der Waals surface area (Å²) in [6.07, 6.45) is 7.10. The molecule has 134 valence electrons. The van der Waals surface area contributed by atoms with E-state index >= 15 is 0 Å². The lowest BCUT2D eigenvalue weighted by Crippen LogP contribution is -2.43. The maximum atomic E-state index is 10.5. The molecule has 0 amide bonds. The highest BCUT2D eigenvalue weighted by molar-refractivity contribution is 4.84. The van der Waals surface area contributed by atoms with Crippen LogP contribution in [0.15, 0.2) is 0 Å². The van der Waals surface area contributed by atoms with Gasteiger partial charge in [0.2, 0.25) is 0 Å². The van der Waals surface area contributed by atoms with Crippen LogP contribution in [0.2, 0.25) is 0 Å². The number of hydrogen-bond acceptors (Lipinski definition) is 4. The third kappa shape index (κ3) is 9.09. The van der Waals surface area contributed by atoms with Gasteiger partial charge in [0, 0.05) is 0 Å². The van der Waals surface area contributed by atoms with E-state index in [9.17, 15) is 10.2 Å². The van der Waals surface area contributed by atoms with Crippen LogP contribution in [0.4, 0.5) is 0 Å². The third-order valence-corrected chi connectivity index (χ3v) is 4.56. The molecule has 0 aromatic carbocycles. The Morgan fingerprint density at radius 2 is 1.55 bits per heavy atom. The fourth-order valence-corrected chi connectivity index (χ4v) is 2.61. The second-order valence-electron chi connectivity index (χ2n) is 7.06. The third-order valence-electron chi connectivity index (χ3n) is 4.56. The molecular weight excluding hydrogens is 280 g/mol. The molecular formula is C18H38O4. The predicted molar refractivity (Wildman–Crippen MR) is 90.9 cm³/mol. The molecule has 3 N–H and O–H groups in total. The van der Waals surface area contributed by atoms with Crippen LogP contribution in [0.5, 0.6) is 0 Å². The van der Waals surface area contributed by atoms with Gasteiger partial charge < -0.3 is 20.1 Å². The van der Waals surface area contributed by atoms with E-state index in [4.69, 9.17) is 9.84 Å². The van der Waals surface area contributed by atoms with Crippen LogP contribution in [-0.4, -0.2) is 46.8 Å². The normalized spacial score (nSPS) is 16.5. The van der Waals surface area contributed by atoms with Crippen LogP contribution < -0.4 is 0 Å². The minimum atomic E-state index is -0.878. The van der Waals surface area contributed by atoms with Crippen molar-refractivity contribution in [2.75, 3.05) is 13.2 Å². The Morgan fingerprint density at radius 3 is 2.09 bits per heavy atom. The van der Waals surface area contributed by atoms with E-state index in [1.165, 1.54) is 25.7 Å². The molecule has 0 aromatic heterocycles. The first-order valence-corrected chi connectivity index (χ1v) is 8.97. The van der Waals surface area contributed by atoms with Crippen molar-refractivity contribution in [1.82, 2.24) is 0 Å². The van der Waals surface area contributed by atoms with E-state index in [2.05, 4.69) is 27.7 Å². The fourth-order valence-electron chi connectivity index (χ4n) is 2.61. The van der Waals surface area contributed by atoms with Gasteiger partial charge in [-0.15, -0.1) is 0 Å². The maximum Gasteiger partial charge on any atom is 0.100 e. The SMILES string of the molecule is CCCCCCCCC(O)C(OCC(O)CO)C(C)(C)CC. The topological polar surface area (TPSA) is 69.9 Å². The first kappa shape index (κ1) is 21.8. The lowest BCUT2D eigenvalue weighted by atomic mass is 9.80. The lowest BCUT2D eigenvalue weighted by Gasteiger charge is -2.37. The number of aliphatic hydroxyl groups is 3. The van der Waals surface area contributed by atoms with Gasteiger partial charge in [0.15, 0.2) is 0 Å². The molecule has 22 heavy (non-hydrogen) atoms. The molecule has 0 bridgehead atoms. The fraction of sp³-hybridized carbons (Fsp3) is 1.00. The van der Waals surface area contributed by atoms with E-state index in [-0.39, 0.29) is 24.7 Å². The Bertz CT molecular complexity index is 255. The number of hydrogen-bond donors (Lipinski definition) is 3. The van der Waals surface area contributed by atoms with Gasteiger partial charge in [0.05, 0.1) is 25.4 Å². The molecule has 0 aliphatic heterocycles. The highest BCUT2D eigenvalue weighted by Crippen LogP contribution is 2.31. The van der Waals surface area contributed by atoms with Crippen molar-refractivity contribution in [2.24, 2.45) is 5.41 Å². The van der Waals surface area contributed by atoms with Crippen LogP contribution in [0.1, 0.15) is 79.1 Å². The molecule has 0 heterocycles. The number of unbranched alkanes of at least 4 members (excludes halogenated alkanes) is 5. The van der Waals surface area contributed by atoms with E-state index in [0.29, 0.717) is 0 Å². The molecule has 0 aliphatic rings. The minimum absolute atomic E-state index is 0.0676. The lowest BCUT2D eigenvalue weighted by molar-refractivity contribution is -0.124. The van der Waals surface area contributed by atoms with Crippen LogP contribution >= 0.6 is 0 Å². The van der Waals surface area contributed by atoms with Gasteiger partial charge in [-0.2, -0.15) is 0 Å². The highest BCUT2D eigenvalue weighted by atomic mass is 16.5. The van der Waals surface area contributed by atoms with Gasteiger partial charge in [-0.3, -0.25) is 0 Å². The predicted octanol–water partition coefficient (Wildman–Crippen LogP) is 3.27. The van der Waals surface area contributed by atoms with Crippen molar-refractivity contribution in [1.29, 1.82) is 0 Å². The maximum absolute atomic E-state index is 10.5. The molecule has 0 aromatic rings. The molecule has 0 radical (unpaired) electrons. The summed E-state index contributed by atoms with van der Waals surface area (Å²) in [6, 6.07) is 0. The zero-order valence-electron chi connectivity index (χ0n) is 15.1.